The number of benzene rings is 2. The van der Waals surface area contributed by atoms with E-state index in [0.29, 0.717) is 17.0 Å². The van der Waals surface area contributed by atoms with Crippen molar-refractivity contribution in [3.8, 4) is 5.75 Å². The summed E-state index contributed by atoms with van der Waals surface area (Å²) in [6.07, 6.45) is 2.80. The Hall–Kier alpha value is -3.08. The molecule has 0 bridgehead atoms. The molecule has 0 saturated carbocycles. The topological polar surface area (TPSA) is 71.2 Å². The summed E-state index contributed by atoms with van der Waals surface area (Å²) in [7, 11) is 1.52. The zero-order valence-electron chi connectivity index (χ0n) is 12.6. The van der Waals surface area contributed by atoms with E-state index in [1.165, 1.54) is 7.11 Å². The standard InChI is InChI=1S/C18H16N2O3/c1-23-17-7-6-12(11-21)8-16(17)20-18(22)9-13-10-19-15-5-3-2-4-14(13)15/h2-8,10-11,19H,9H2,1H3,(H,20,22). The number of aldehydes is 1. The van der Waals surface area contributed by atoms with E-state index in [-0.39, 0.29) is 12.3 Å². The van der Waals surface area contributed by atoms with Gasteiger partial charge in [-0.1, -0.05) is 18.2 Å². The molecule has 0 radical (unpaired) electrons. The number of aromatic amines is 1. The molecule has 0 fully saturated rings. The van der Waals surface area contributed by atoms with Crippen molar-refractivity contribution in [1.82, 2.24) is 4.98 Å². The number of H-pyrrole nitrogens is 1. The first-order chi connectivity index (χ1) is 11.2. The number of aromatic nitrogens is 1. The van der Waals surface area contributed by atoms with Gasteiger partial charge in [-0.2, -0.15) is 0 Å². The van der Waals surface area contributed by atoms with Crippen LogP contribution in [0.3, 0.4) is 0 Å². The average Bonchev–Trinajstić information content (AvgIpc) is 2.98. The molecule has 1 amide bonds. The van der Waals surface area contributed by atoms with Gasteiger partial charge in [-0.05, 0) is 29.8 Å². The Labute approximate surface area is 133 Å². The highest BCUT2D eigenvalue weighted by Crippen LogP contribution is 2.25. The van der Waals surface area contributed by atoms with Gasteiger partial charge in [0.2, 0.25) is 5.91 Å². The number of rotatable bonds is 5. The second-order valence-electron chi connectivity index (χ2n) is 5.16. The van der Waals surface area contributed by atoms with Gasteiger partial charge >= 0.3 is 0 Å². The minimum Gasteiger partial charge on any atom is -0.495 e. The number of anilines is 1. The van der Waals surface area contributed by atoms with Crippen molar-refractivity contribution in [3.63, 3.8) is 0 Å². The number of carbonyl (C=O) groups excluding carboxylic acids is 2. The first kappa shape index (κ1) is 14.8. The molecule has 116 valence electrons. The van der Waals surface area contributed by atoms with E-state index in [2.05, 4.69) is 10.3 Å². The number of methoxy groups -OCH3 is 1. The van der Waals surface area contributed by atoms with Crippen LogP contribution in [-0.4, -0.2) is 24.3 Å². The summed E-state index contributed by atoms with van der Waals surface area (Å²) in [6, 6.07) is 12.7. The van der Waals surface area contributed by atoms with Crippen molar-refractivity contribution in [2.45, 2.75) is 6.42 Å². The van der Waals surface area contributed by atoms with Gasteiger partial charge < -0.3 is 15.0 Å². The van der Waals surface area contributed by atoms with E-state index in [1.54, 1.807) is 18.2 Å². The molecule has 0 aliphatic heterocycles. The number of hydrogen-bond donors (Lipinski definition) is 2. The molecule has 0 spiro atoms. The predicted octanol–water partition coefficient (Wildman–Crippen LogP) is 3.17. The quantitative estimate of drug-likeness (QED) is 0.711. The van der Waals surface area contributed by atoms with Gasteiger partial charge in [0, 0.05) is 22.7 Å². The first-order valence-corrected chi connectivity index (χ1v) is 7.19. The van der Waals surface area contributed by atoms with Gasteiger partial charge in [0.15, 0.2) is 0 Å². The average molecular weight is 308 g/mol. The van der Waals surface area contributed by atoms with Gasteiger partial charge in [-0.25, -0.2) is 0 Å². The third-order valence-corrected chi connectivity index (χ3v) is 3.66. The van der Waals surface area contributed by atoms with E-state index in [9.17, 15) is 9.59 Å². The van der Waals surface area contributed by atoms with Gasteiger partial charge in [-0.3, -0.25) is 9.59 Å². The van der Waals surface area contributed by atoms with Gasteiger partial charge in [-0.15, -0.1) is 0 Å². The normalized spacial score (nSPS) is 10.5. The maximum atomic E-state index is 12.3. The van der Waals surface area contributed by atoms with Crippen LogP contribution in [0.2, 0.25) is 0 Å². The molecule has 1 heterocycles. The van der Waals surface area contributed by atoms with E-state index in [1.807, 2.05) is 30.5 Å². The minimum atomic E-state index is -0.170. The largest absolute Gasteiger partial charge is 0.495 e. The number of amides is 1. The number of fused-ring (bicyclic) bond motifs is 1. The summed E-state index contributed by atoms with van der Waals surface area (Å²) in [5.41, 5.74) is 2.88. The smallest absolute Gasteiger partial charge is 0.228 e. The Morgan fingerprint density at radius 1 is 1.26 bits per heavy atom. The van der Waals surface area contributed by atoms with Crippen LogP contribution in [0, 0.1) is 0 Å². The summed E-state index contributed by atoms with van der Waals surface area (Å²) in [4.78, 5) is 26.4. The van der Waals surface area contributed by atoms with E-state index in [0.717, 1.165) is 22.8 Å². The van der Waals surface area contributed by atoms with Crippen molar-refractivity contribution >= 4 is 28.8 Å². The molecule has 2 N–H and O–H groups in total. The minimum absolute atomic E-state index is 0.170. The summed E-state index contributed by atoms with van der Waals surface area (Å²) in [6.45, 7) is 0. The molecule has 0 aliphatic rings. The molecular formula is C18H16N2O3. The molecule has 3 aromatic rings. The second kappa shape index (κ2) is 6.36. The fourth-order valence-corrected chi connectivity index (χ4v) is 2.54. The molecule has 0 saturated heterocycles. The maximum Gasteiger partial charge on any atom is 0.228 e. The number of nitrogens with one attached hydrogen (secondary N) is 2. The number of carbonyl (C=O) groups is 2. The second-order valence-corrected chi connectivity index (χ2v) is 5.16. The number of ether oxygens (including phenoxy) is 1. The predicted molar refractivity (Wildman–Crippen MR) is 89.0 cm³/mol. The summed E-state index contributed by atoms with van der Waals surface area (Å²) in [5, 5.41) is 3.83. The van der Waals surface area contributed by atoms with Crippen LogP contribution >= 0.6 is 0 Å². The third-order valence-electron chi connectivity index (χ3n) is 3.66. The van der Waals surface area contributed by atoms with Crippen molar-refractivity contribution in [2.75, 3.05) is 12.4 Å². The zero-order chi connectivity index (χ0) is 16.2. The highest BCUT2D eigenvalue weighted by molar-refractivity contribution is 5.97. The van der Waals surface area contributed by atoms with Gasteiger partial charge in [0.25, 0.3) is 0 Å². The highest BCUT2D eigenvalue weighted by atomic mass is 16.5. The zero-order valence-corrected chi connectivity index (χ0v) is 12.6. The molecule has 1 aromatic heterocycles. The molecule has 0 unspecified atom stereocenters. The summed E-state index contributed by atoms with van der Waals surface area (Å²) < 4.78 is 5.21. The molecule has 5 nitrogen and oxygen atoms in total. The lowest BCUT2D eigenvalue weighted by atomic mass is 10.1. The molecule has 23 heavy (non-hydrogen) atoms. The molecular weight excluding hydrogens is 292 g/mol. The van der Waals surface area contributed by atoms with Crippen molar-refractivity contribution < 1.29 is 14.3 Å². The highest BCUT2D eigenvalue weighted by Gasteiger charge is 2.11. The lowest BCUT2D eigenvalue weighted by molar-refractivity contribution is -0.115. The van der Waals surface area contributed by atoms with Crippen molar-refractivity contribution in [2.24, 2.45) is 0 Å². The Morgan fingerprint density at radius 2 is 2.09 bits per heavy atom. The third kappa shape index (κ3) is 3.08. The van der Waals surface area contributed by atoms with E-state index < -0.39 is 0 Å². The van der Waals surface area contributed by atoms with E-state index >= 15 is 0 Å². The maximum absolute atomic E-state index is 12.3. The molecule has 2 aromatic carbocycles. The van der Waals surface area contributed by atoms with Gasteiger partial charge in [0.05, 0.1) is 19.2 Å². The van der Waals surface area contributed by atoms with Crippen LogP contribution in [0.5, 0.6) is 5.75 Å². The Bertz CT molecular complexity index is 868. The van der Waals surface area contributed by atoms with Crippen LogP contribution in [0.25, 0.3) is 10.9 Å². The monoisotopic (exact) mass is 308 g/mol. The molecule has 0 aliphatic carbocycles. The van der Waals surface area contributed by atoms with Crippen molar-refractivity contribution in [1.29, 1.82) is 0 Å². The van der Waals surface area contributed by atoms with E-state index in [4.69, 9.17) is 4.74 Å². The number of hydrogen-bond acceptors (Lipinski definition) is 3. The van der Waals surface area contributed by atoms with Crippen LogP contribution < -0.4 is 10.1 Å². The lowest BCUT2D eigenvalue weighted by Gasteiger charge is -2.10. The molecule has 3 rings (SSSR count). The van der Waals surface area contributed by atoms with Crippen LogP contribution in [-0.2, 0) is 11.2 Å². The fraction of sp³-hybridized carbons (Fsp3) is 0.111. The first-order valence-electron chi connectivity index (χ1n) is 7.19. The van der Waals surface area contributed by atoms with Crippen molar-refractivity contribution in [3.05, 3.63) is 59.8 Å². The van der Waals surface area contributed by atoms with Crippen LogP contribution in [0.15, 0.2) is 48.7 Å². The number of para-hydroxylation sites is 1. The van der Waals surface area contributed by atoms with Crippen LogP contribution in [0.4, 0.5) is 5.69 Å². The summed E-state index contributed by atoms with van der Waals surface area (Å²) in [5.74, 6) is 0.346. The Morgan fingerprint density at radius 3 is 2.87 bits per heavy atom. The van der Waals surface area contributed by atoms with Crippen LogP contribution in [0.1, 0.15) is 15.9 Å². The molecule has 0 atom stereocenters. The SMILES string of the molecule is COc1ccc(C=O)cc1NC(=O)Cc1c[nH]c2ccccc12. The Kier molecular flexibility index (Phi) is 4.10. The summed E-state index contributed by atoms with van der Waals surface area (Å²) >= 11 is 0. The molecule has 5 heteroatoms. The Balaban J connectivity index is 1.81. The fourth-order valence-electron chi connectivity index (χ4n) is 2.54. The van der Waals surface area contributed by atoms with Gasteiger partial charge in [0.1, 0.15) is 12.0 Å². The lowest BCUT2D eigenvalue weighted by Crippen LogP contribution is -2.15.